The summed E-state index contributed by atoms with van der Waals surface area (Å²) in [7, 11) is 0. The second kappa shape index (κ2) is 13.2. The van der Waals surface area contributed by atoms with Crippen LogP contribution in [-0.4, -0.2) is 41.4 Å². The molecule has 2 amide bonds. The number of pyridine rings is 1. The molecule has 1 N–H and O–H groups in total. The fraction of sp³-hybridized carbons (Fsp3) is 0.222. The van der Waals surface area contributed by atoms with Crippen LogP contribution in [0, 0.1) is 0 Å². The maximum atomic E-state index is 12.3. The van der Waals surface area contributed by atoms with Crippen LogP contribution in [0.1, 0.15) is 25.1 Å². The standard InChI is InChI=1S/C27H28ClN3O4/c1-3-31(4-2)27(33)19-35-25-14-11-21(17-24(25)28)30-26(32)15-10-20-8-12-23(13-9-20)34-18-22-7-5-6-16-29-22/h5-17H,3-4,18-19H2,1-2H3,(H,30,32)/b15-10+. The number of likely N-dealkylation sites (N-methyl/N-ethyl adjacent to an activating group) is 1. The molecular formula is C27H28ClN3O4. The minimum atomic E-state index is -0.304. The number of hydrogen-bond donors (Lipinski definition) is 1. The molecule has 8 heteroatoms. The normalized spacial score (nSPS) is 10.7. The summed E-state index contributed by atoms with van der Waals surface area (Å²) in [6, 6.07) is 17.9. The lowest BCUT2D eigenvalue weighted by Gasteiger charge is -2.19. The molecule has 3 aromatic rings. The molecule has 0 bridgehead atoms. The Bertz CT molecular complexity index is 1150. The van der Waals surface area contributed by atoms with Gasteiger partial charge in [-0.15, -0.1) is 0 Å². The maximum Gasteiger partial charge on any atom is 0.260 e. The van der Waals surface area contributed by atoms with E-state index < -0.39 is 0 Å². The van der Waals surface area contributed by atoms with E-state index in [2.05, 4.69) is 10.3 Å². The molecule has 0 aliphatic heterocycles. The van der Waals surface area contributed by atoms with Crippen molar-refractivity contribution in [3.05, 3.63) is 89.2 Å². The molecule has 7 nitrogen and oxygen atoms in total. The van der Waals surface area contributed by atoms with Crippen LogP contribution in [0.3, 0.4) is 0 Å². The van der Waals surface area contributed by atoms with Gasteiger partial charge in [0.2, 0.25) is 5.91 Å². The van der Waals surface area contributed by atoms with Gasteiger partial charge in [0.1, 0.15) is 18.1 Å². The summed E-state index contributed by atoms with van der Waals surface area (Å²) >= 11 is 6.26. The van der Waals surface area contributed by atoms with Gasteiger partial charge in [-0.1, -0.05) is 29.8 Å². The van der Waals surface area contributed by atoms with E-state index in [-0.39, 0.29) is 18.4 Å². The predicted molar refractivity (Wildman–Crippen MR) is 138 cm³/mol. The molecule has 1 heterocycles. The Morgan fingerprint density at radius 2 is 1.80 bits per heavy atom. The Morgan fingerprint density at radius 3 is 2.46 bits per heavy atom. The Hall–Kier alpha value is -3.84. The van der Waals surface area contributed by atoms with Gasteiger partial charge in [0, 0.05) is 31.0 Å². The minimum absolute atomic E-state index is 0.0944. The average Bonchev–Trinajstić information content (AvgIpc) is 2.87. The Morgan fingerprint density at radius 1 is 1.03 bits per heavy atom. The third kappa shape index (κ3) is 8.15. The maximum absolute atomic E-state index is 12.3. The number of carbonyl (C=O) groups is 2. The Kier molecular flexibility index (Phi) is 9.69. The van der Waals surface area contributed by atoms with Gasteiger partial charge in [-0.25, -0.2) is 0 Å². The summed E-state index contributed by atoms with van der Waals surface area (Å²) < 4.78 is 11.3. The van der Waals surface area contributed by atoms with Crippen molar-refractivity contribution in [2.24, 2.45) is 0 Å². The van der Waals surface area contributed by atoms with Crippen molar-refractivity contribution in [1.82, 2.24) is 9.88 Å². The number of aromatic nitrogens is 1. The van der Waals surface area contributed by atoms with Crippen LogP contribution >= 0.6 is 11.6 Å². The molecule has 0 unspecified atom stereocenters. The van der Waals surface area contributed by atoms with Gasteiger partial charge in [0.15, 0.2) is 6.61 Å². The highest BCUT2D eigenvalue weighted by atomic mass is 35.5. The summed E-state index contributed by atoms with van der Waals surface area (Å²) in [5.41, 5.74) is 2.22. The van der Waals surface area contributed by atoms with Gasteiger partial charge >= 0.3 is 0 Å². The lowest BCUT2D eigenvalue weighted by molar-refractivity contribution is -0.133. The minimum Gasteiger partial charge on any atom is -0.487 e. The number of nitrogens with zero attached hydrogens (tertiary/aromatic N) is 2. The molecule has 0 radical (unpaired) electrons. The van der Waals surface area contributed by atoms with Crippen LogP contribution in [0.25, 0.3) is 6.08 Å². The first-order valence-corrected chi connectivity index (χ1v) is 11.7. The van der Waals surface area contributed by atoms with Gasteiger partial charge < -0.3 is 19.7 Å². The van der Waals surface area contributed by atoms with Crippen molar-refractivity contribution in [3.63, 3.8) is 0 Å². The molecule has 1 aromatic heterocycles. The van der Waals surface area contributed by atoms with Gasteiger partial charge in [0.05, 0.1) is 10.7 Å². The highest BCUT2D eigenvalue weighted by Crippen LogP contribution is 2.28. The van der Waals surface area contributed by atoms with Crippen molar-refractivity contribution in [1.29, 1.82) is 0 Å². The van der Waals surface area contributed by atoms with Crippen LogP contribution in [0.15, 0.2) is 72.9 Å². The van der Waals surface area contributed by atoms with E-state index in [1.165, 1.54) is 6.08 Å². The van der Waals surface area contributed by atoms with Crippen molar-refractivity contribution < 1.29 is 19.1 Å². The number of hydrogen-bond acceptors (Lipinski definition) is 5. The number of ether oxygens (including phenoxy) is 2. The second-order valence-electron chi connectivity index (χ2n) is 7.50. The predicted octanol–water partition coefficient (Wildman–Crippen LogP) is 5.21. The van der Waals surface area contributed by atoms with Crippen molar-refractivity contribution in [2.75, 3.05) is 25.0 Å². The van der Waals surface area contributed by atoms with Crippen LogP contribution < -0.4 is 14.8 Å². The quantitative estimate of drug-likeness (QED) is 0.371. The molecule has 0 fully saturated rings. The highest BCUT2D eigenvalue weighted by molar-refractivity contribution is 6.32. The summed E-state index contributed by atoms with van der Waals surface area (Å²) in [6.07, 6.45) is 4.87. The lowest BCUT2D eigenvalue weighted by atomic mass is 10.2. The molecule has 3 rings (SSSR count). The van der Waals surface area contributed by atoms with E-state index in [0.29, 0.717) is 41.9 Å². The number of benzene rings is 2. The average molecular weight is 494 g/mol. The van der Waals surface area contributed by atoms with Crippen molar-refractivity contribution in [3.8, 4) is 11.5 Å². The Balaban J connectivity index is 1.49. The van der Waals surface area contributed by atoms with E-state index in [0.717, 1.165) is 11.3 Å². The van der Waals surface area contributed by atoms with Crippen molar-refractivity contribution >= 4 is 35.2 Å². The molecule has 2 aromatic carbocycles. The molecule has 182 valence electrons. The molecule has 0 spiro atoms. The number of halogens is 1. The zero-order valence-electron chi connectivity index (χ0n) is 19.7. The molecule has 0 saturated heterocycles. The topological polar surface area (TPSA) is 80.8 Å². The van der Waals surface area contributed by atoms with Crippen LogP contribution in [0.5, 0.6) is 11.5 Å². The van der Waals surface area contributed by atoms with E-state index in [9.17, 15) is 9.59 Å². The first-order valence-electron chi connectivity index (χ1n) is 11.3. The number of rotatable bonds is 11. The van der Waals surface area contributed by atoms with E-state index in [1.54, 1.807) is 35.4 Å². The Labute approximate surface area is 210 Å². The molecule has 35 heavy (non-hydrogen) atoms. The molecule has 0 aliphatic carbocycles. The van der Waals surface area contributed by atoms with Crippen molar-refractivity contribution in [2.45, 2.75) is 20.5 Å². The second-order valence-corrected chi connectivity index (χ2v) is 7.91. The number of amides is 2. The van der Waals surface area contributed by atoms with Crippen LogP contribution in [0.4, 0.5) is 5.69 Å². The zero-order valence-corrected chi connectivity index (χ0v) is 20.5. The fourth-order valence-corrected chi connectivity index (χ4v) is 3.41. The molecule has 0 atom stereocenters. The van der Waals surface area contributed by atoms with Gasteiger partial charge in [0.25, 0.3) is 5.91 Å². The highest BCUT2D eigenvalue weighted by Gasteiger charge is 2.12. The summed E-state index contributed by atoms with van der Waals surface area (Å²) in [6.45, 7) is 5.35. The lowest BCUT2D eigenvalue weighted by Crippen LogP contribution is -2.34. The number of anilines is 1. The first kappa shape index (κ1) is 25.8. The monoisotopic (exact) mass is 493 g/mol. The summed E-state index contributed by atoms with van der Waals surface area (Å²) in [5, 5.41) is 3.06. The summed E-state index contributed by atoms with van der Waals surface area (Å²) in [4.78, 5) is 30.3. The van der Waals surface area contributed by atoms with E-state index in [1.807, 2.05) is 56.3 Å². The third-order valence-electron chi connectivity index (χ3n) is 5.09. The van der Waals surface area contributed by atoms with Crippen LogP contribution in [0.2, 0.25) is 5.02 Å². The van der Waals surface area contributed by atoms with Gasteiger partial charge in [-0.05, 0) is 68.0 Å². The third-order valence-corrected chi connectivity index (χ3v) is 5.38. The zero-order chi connectivity index (χ0) is 25.0. The first-order chi connectivity index (χ1) is 17.0. The molecular weight excluding hydrogens is 466 g/mol. The van der Waals surface area contributed by atoms with Crippen LogP contribution in [-0.2, 0) is 16.2 Å². The van der Waals surface area contributed by atoms with Gasteiger partial charge in [-0.3, -0.25) is 14.6 Å². The largest absolute Gasteiger partial charge is 0.487 e. The smallest absolute Gasteiger partial charge is 0.260 e. The van der Waals surface area contributed by atoms with Gasteiger partial charge in [-0.2, -0.15) is 0 Å². The number of carbonyl (C=O) groups excluding carboxylic acids is 2. The van der Waals surface area contributed by atoms with E-state index in [4.69, 9.17) is 21.1 Å². The molecule has 0 aliphatic rings. The van der Waals surface area contributed by atoms with E-state index >= 15 is 0 Å². The molecule has 0 saturated carbocycles. The fourth-order valence-electron chi connectivity index (χ4n) is 3.17. The SMILES string of the molecule is CCN(CC)C(=O)COc1ccc(NC(=O)/C=C/c2ccc(OCc3ccccn3)cc2)cc1Cl. The number of nitrogens with one attached hydrogen (secondary N) is 1. The summed E-state index contributed by atoms with van der Waals surface area (Å²) in [5.74, 6) is 0.683.